The SMILES string of the molecule is CCCN1CCC(N2C[C@H](NCc3ccc(OC)c4ccccc34)C[C@H]2C(=O)NCCOC)CC1. The predicted molar refractivity (Wildman–Crippen MR) is 141 cm³/mol. The van der Waals surface area contributed by atoms with Crippen LogP contribution in [0.25, 0.3) is 10.8 Å². The van der Waals surface area contributed by atoms with Crippen molar-refractivity contribution in [3.63, 3.8) is 0 Å². The smallest absolute Gasteiger partial charge is 0.237 e. The van der Waals surface area contributed by atoms with Crippen molar-refractivity contribution in [1.82, 2.24) is 20.4 Å². The molecule has 0 spiro atoms. The van der Waals surface area contributed by atoms with Gasteiger partial charge in [0.1, 0.15) is 5.75 Å². The first kappa shape index (κ1) is 25.9. The molecule has 7 heteroatoms. The minimum absolute atomic E-state index is 0.0836. The Bertz CT molecular complexity index is 960. The third-order valence-electron chi connectivity index (χ3n) is 7.59. The summed E-state index contributed by atoms with van der Waals surface area (Å²) in [5, 5.41) is 9.23. The van der Waals surface area contributed by atoms with Crippen LogP contribution in [0.15, 0.2) is 36.4 Å². The van der Waals surface area contributed by atoms with Crippen LogP contribution in [0.3, 0.4) is 0 Å². The van der Waals surface area contributed by atoms with Crippen molar-refractivity contribution < 1.29 is 14.3 Å². The average molecular weight is 483 g/mol. The Morgan fingerprint density at radius 2 is 1.86 bits per heavy atom. The van der Waals surface area contributed by atoms with Gasteiger partial charge in [-0.25, -0.2) is 0 Å². The molecule has 0 saturated carbocycles. The number of benzene rings is 2. The number of methoxy groups -OCH3 is 2. The second-order valence-electron chi connectivity index (χ2n) is 9.86. The monoisotopic (exact) mass is 482 g/mol. The third kappa shape index (κ3) is 6.33. The molecule has 0 aromatic heterocycles. The standard InChI is InChI=1S/C28H42N4O3/c1-4-14-31-15-11-23(12-16-31)32-20-22(18-26(32)28(33)29-13-17-34-2)30-19-21-9-10-27(35-3)25-8-6-5-7-24(21)25/h5-10,22-23,26,30H,4,11-20H2,1-3H3,(H,29,33)/t22-,26+/m1/s1. The van der Waals surface area contributed by atoms with Crippen molar-refractivity contribution in [3.05, 3.63) is 42.0 Å². The average Bonchev–Trinajstić information content (AvgIpc) is 3.32. The van der Waals surface area contributed by atoms with E-state index in [0.717, 1.165) is 56.6 Å². The highest BCUT2D eigenvalue weighted by Gasteiger charge is 2.40. The Kier molecular flexibility index (Phi) is 9.38. The molecule has 2 aliphatic rings. The number of carbonyl (C=O) groups is 1. The van der Waals surface area contributed by atoms with Crippen LogP contribution in [0.4, 0.5) is 0 Å². The Morgan fingerprint density at radius 1 is 1.09 bits per heavy atom. The van der Waals surface area contributed by atoms with E-state index in [1.807, 2.05) is 0 Å². The summed E-state index contributed by atoms with van der Waals surface area (Å²) in [6.45, 7) is 8.46. The van der Waals surface area contributed by atoms with E-state index in [1.54, 1.807) is 14.2 Å². The normalized spacial score (nSPS) is 22.0. The van der Waals surface area contributed by atoms with Gasteiger partial charge < -0.3 is 25.0 Å². The molecule has 2 saturated heterocycles. The fraction of sp³-hybridized carbons (Fsp3) is 0.607. The van der Waals surface area contributed by atoms with E-state index in [4.69, 9.17) is 9.47 Å². The summed E-state index contributed by atoms with van der Waals surface area (Å²) in [4.78, 5) is 18.2. The van der Waals surface area contributed by atoms with Crippen LogP contribution in [-0.2, 0) is 16.1 Å². The van der Waals surface area contributed by atoms with Crippen molar-refractivity contribution in [1.29, 1.82) is 0 Å². The van der Waals surface area contributed by atoms with Crippen LogP contribution in [0.1, 0.15) is 38.2 Å². The first-order valence-electron chi connectivity index (χ1n) is 13.2. The minimum Gasteiger partial charge on any atom is -0.496 e. The van der Waals surface area contributed by atoms with Crippen molar-refractivity contribution in [3.8, 4) is 5.75 Å². The molecule has 2 heterocycles. The van der Waals surface area contributed by atoms with E-state index in [1.165, 1.54) is 23.9 Å². The lowest BCUT2D eigenvalue weighted by Crippen LogP contribution is -2.51. The molecule has 1 amide bonds. The topological polar surface area (TPSA) is 66.1 Å². The number of piperidine rings is 1. The highest BCUT2D eigenvalue weighted by Crippen LogP contribution is 2.30. The molecule has 0 unspecified atom stereocenters. The molecular weight excluding hydrogens is 440 g/mol. The molecule has 192 valence electrons. The largest absolute Gasteiger partial charge is 0.496 e. The molecule has 2 fully saturated rings. The van der Waals surface area contributed by atoms with Gasteiger partial charge in [-0.15, -0.1) is 0 Å². The number of rotatable bonds is 11. The highest BCUT2D eigenvalue weighted by atomic mass is 16.5. The zero-order valence-electron chi connectivity index (χ0n) is 21.6. The van der Waals surface area contributed by atoms with Gasteiger partial charge in [0.2, 0.25) is 5.91 Å². The number of ether oxygens (including phenoxy) is 2. The fourth-order valence-electron chi connectivity index (χ4n) is 5.78. The van der Waals surface area contributed by atoms with Crippen LogP contribution < -0.4 is 15.4 Å². The van der Waals surface area contributed by atoms with Gasteiger partial charge >= 0.3 is 0 Å². The fourth-order valence-corrected chi connectivity index (χ4v) is 5.78. The van der Waals surface area contributed by atoms with E-state index >= 15 is 0 Å². The lowest BCUT2D eigenvalue weighted by Gasteiger charge is -2.39. The quantitative estimate of drug-likeness (QED) is 0.480. The number of fused-ring (bicyclic) bond motifs is 1. The molecule has 2 atom stereocenters. The molecule has 2 aliphatic heterocycles. The van der Waals surface area contributed by atoms with Crippen molar-refractivity contribution >= 4 is 16.7 Å². The van der Waals surface area contributed by atoms with Gasteiger partial charge in [-0.3, -0.25) is 9.69 Å². The Hall–Kier alpha value is -2.19. The van der Waals surface area contributed by atoms with Crippen molar-refractivity contribution in [2.45, 2.75) is 57.3 Å². The molecule has 35 heavy (non-hydrogen) atoms. The summed E-state index contributed by atoms with van der Waals surface area (Å²) >= 11 is 0. The zero-order valence-corrected chi connectivity index (χ0v) is 21.6. The molecule has 2 aromatic rings. The molecule has 2 aromatic carbocycles. The van der Waals surface area contributed by atoms with Crippen LogP contribution in [-0.4, -0.2) is 87.4 Å². The number of hydrogen-bond acceptors (Lipinski definition) is 6. The van der Waals surface area contributed by atoms with E-state index in [0.29, 0.717) is 19.2 Å². The Labute approximate surface area is 210 Å². The Morgan fingerprint density at radius 3 is 2.57 bits per heavy atom. The summed E-state index contributed by atoms with van der Waals surface area (Å²) in [5.74, 6) is 1.04. The number of nitrogens with zero attached hydrogens (tertiary/aromatic N) is 2. The van der Waals surface area contributed by atoms with Gasteiger partial charge in [0, 0.05) is 44.2 Å². The number of hydrogen-bond donors (Lipinski definition) is 2. The van der Waals surface area contributed by atoms with Gasteiger partial charge in [-0.1, -0.05) is 37.3 Å². The van der Waals surface area contributed by atoms with Gasteiger partial charge in [-0.05, 0) is 62.3 Å². The minimum atomic E-state index is -0.0836. The first-order valence-corrected chi connectivity index (χ1v) is 13.2. The number of carbonyl (C=O) groups excluding carboxylic acids is 1. The van der Waals surface area contributed by atoms with Gasteiger partial charge in [0.05, 0.1) is 19.8 Å². The molecule has 7 nitrogen and oxygen atoms in total. The second-order valence-corrected chi connectivity index (χ2v) is 9.86. The van der Waals surface area contributed by atoms with E-state index in [9.17, 15) is 4.79 Å². The second kappa shape index (κ2) is 12.7. The lowest BCUT2D eigenvalue weighted by atomic mass is 10.0. The summed E-state index contributed by atoms with van der Waals surface area (Å²) in [7, 11) is 3.39. The van der Waals surface area contributed by atoms with Crippen LogP contribution in [0.2, 0.25) is 0 Å². The van der Waals surface area contributed by atoms with Gasteiger partial charge in [0.15, 0.2) is 0 Å². The molecule has 0 radical (unpaired) electrons. The summed E-state index contributed by atoms with van der Waals surface area (Å²) in [6, 6.07) is 13.3. The number of amides is 1. The molecular formula is C28H42N4O3. The van der Waals surface area contributed by atoms with Gasteiger partial charge in [0.25, 0.3) is 0 Å². The van der Waals surface area contributed by atoms with E-state index < -0.39 is 0 Å². The molecule has 4 rings (SSSR count). The Balaban J connectivity index is 1.43. The summed E-state index contributed by atoms with van der Waals surface area (Å²) in [6.07, 6.45) is 4.31. The van der Waals surface area contributed by atoms with Crippen LogP contribution >= 0.6 is 0 Å². The maximum Gasteiger partial charge on any atom is 0.237 e. The zero-order chi connectivity index (χ0) is 24.6. The van der Waals surface area contributed by atoms with E-state index in [2.05, 4.69) is 63.8 Å². The molecule has 0 aliphatic carbocycles. The predicted octanol–water partition coefficient (Wildman–Crippen LogP) is 3.02. The number of likely N-dealkylation sites (tertiary alicyclic amines) is 2. The van der Waals surface area contributed by atoms with Crippen molar-refractivity contribution in [2.75, 3.05) is 53.6 Å². The highest BCUT2D eigenvalue weighted by molar-refractivity contribution is 5.91. The molecule has 2 N–H and O–H groups in total. The maximum atomic E-state index is 13.1. The van der Waals surface area contributed by atoms with E-state index in [-0.39, 0.29) is 18.0 Å². The van der Waals surface area contributed by atoms with Crippen LogP contribution in [0.5, 0.6) is 5.75 Å². The number of nitrogens with one attached hydrogen (secondary N) is 2. The lowest BCUT2D eigenvalue weighted by molar-refractivity contribution is -0.126. The van der Waals surface area contributed by atoms with Crippen LogP contribution in [0, 0.1) is 0 Å². The third-order valence-corrected chi connectivity index (χ3v) is 7.59. The van der Waals surface area contributed by atoms with Crippen molar-refractivity contribution in [2.24, 2.45) is 0 Å². The molecule has 0 bridgehead atoms. The first-order chi connectivity index (χ1) is 17.1. The maximum absolute atomic E-state index is 13.1. The van der Waals surface area contributed by atoms with Gasteiger partial charge in [-0.2, -0.15) is 0 Å². The summed E-state index contributed by atoms with van der Waals surface area (Å²) < 4.78 is 10.7. The summed E-state index contributed by atoms with van der Waals surface area (Å²) in [5.41, 5.74) is 1.26.